The van der Waals surface area contributed by atoms with Crippen LogP contribution >= 0.6 is 0 Å². The van der Waals surface area contributed by atoms with E-state index >= 15 is 0 Å². The number of hydrogen-bond donors (Lipinski definition) is 3. The molecule has 0 bridgehead atoms. The molecule has 1 rings (SSSR count). The Bertz CT molecular complexity index is 307. The number of rotatable bonds is 3. The number of H-pyrrole nitrogens is 1. The Hall–Kier alpha value is -1.85. The fourth-order valence-electron chi connectivity index (χ4n) is 0.716. The summed E-state index contributed by atoms with van der Waals surface area (Å²) in [5.74, 6) is -1.56. The van der Waals surface area contributed by atoms with Gasteiger partial charge in [-0.1, -0.05) is 0 Å². The van der Waals surface area contributed by atoms with Crippen LogP contribution in [0.1, 0.15) is 17.4 Å². The van der Waals surface area contributed by atoms with Crippen molar-refractivity contribution in [2.75, 3.05) is 0 Å². The first-order valence-corrected chi connectivity index (χ1v) is 3.63. The molecule has 0 saturated carbocycles. The first-order valence-electron chi connectivity index (χ1n) is 3.63. The molecule has 1 unspecified atom stereocenters. The van der Waals surface area contributed by atoms with E-state index in [-0.39, 0.29) is 5.69 Å². The second-order valence-corrected chi connectivity index (χ2v) is 2.50. The van der Waals surface area contributed by atoms with Gasteiger partial charge in [-0.25, -0.2) is 4.98 Å². The lowest BCUT2D eigenvalue weighted by Gasteiger charge is -2.06. The molecule has 6 heteroatoms. The minimum absolute atomic E-state index is 0.244. The monoisotopic (exact) mass is 183 g/mol. The van der Waals surface area contributed by atoms with Crippen LogP contribution in [-0.2, 0) is 4.79 Å². The molecule has 1 amide bonds. The molecule has 70 valence electrons. The average molecular weight is 183 g/mol. The van der Waals surface area contributed by atoms with Gasteiger partial charge in [0.25, 0.3) is 5.91 Å². The molecule has 3 N–H and O–H groups in total. The second kappa shape index (κ2) is 3.70. The van der Waals surface area contributed by atoms with Gasteiger partial charge in [-0.15, -0.1) is 0 Å². The maximum atomic E-state index is 11.2. The molecular formula is C7H9N3O3. The van der Waals surface area contributed by atoms with Crippen molar-refractivity contribution in [1.29, 1.82) is 0 Å². The van der Waals surface area contributed by atoms with Crippen molar-refractivity contribution in [2.45, 2.75) is 13.0 Å². The number of carbonyl (C=O) groups is 2. The van der Waals surface area contributed by atoms with Crippen LogP contribution in [0.2, 0.25) is 0 Å². The minimum atomic E-state index is -1.08. The fourth-order valence-corrected chi connectivity index (χ4v) is 0.716. The first kappa shape index (κ1) is 9.24. The summed E-state index contributed by atoms with van der Waals surface area (Å²) >= 11 is 0. The van der Waals surface area contributed by atoms with Gasteiger partial charge < -0.3 is 15.4 Å². The highest BCUT2D eigenvalue weighted by Crippen LogP contribution is 1.92. The van der Waals surface area contributed by atoms with Crippen LogP contribution in [0.3, 0.4) is 0 Å². The topological polar surface area (TPSA) is 95.1 Å². The van der Waals surface area contributed by atoms with E-state index < -0.39 is 17.9 Å². The summed E-state index contributed by atoms with van der Waals surface area (Å²) in [7, 11) is 0. The standard InChI is InChI=1S/C7H9N3O3/c1-4(7(12)13)10-6(11)5-2-8-3-9-5/h2-4H,1H3,(H,8,9)(H,10,11)(H,12,13). The molecule has 1 aromatic heterocycles. The number of imidazole rings is 1. The number of nitrogens with zero attached hydrogens (tertiary/aromatic N) is 1. The van der Waals surface area contributed by atoms with Crippen molar-refractivity contribution in [1.82, 2.24) is 15.3 Å². The summed E-state index contributed by atoms with van der Waals surface area (Å²) in [5.41, 5.74) is 0.244. The van der Waals surface area contributed by atoms with Crippen molar-refractivity contribution < 1.29 is 14.7 Å². The molecule has 0 spiro atoms. The second-order valence-electron chi connectivity index (χ2n) is 2.50. The van der Waals surface area contributed by atoms with E-state index in [2.05, 4.69) is 15.3 Å². The lowest BCUT2D eigenvalue weighted by molar-refractivity contribution is -0.138. The normalized spacial score (nSPS) is 12.1. The van der Waals surface area contributed by atoms with Crippen LogP contribution in [0.15, 0.2) is 12.5 Å². The molecule has 0 aliphatic heterocycles. The maximum Gasteiger partial charge on any atom is 0.325 e. The van der Waals surface area contributed by atoms with Crippen LogP contribution in [0.25, 0.3) is 0 Å². The summed E-state index contributed by atoms with van der Waals surface area (Å²) in [6.45, 7) is 1.39. The molecule has 1 atom stereocenters. The third kappa shape index (κ3) is 2.29. The quantitative estimate of drug-likeness (QED) is 0.594. The summed E-state index contributed by atoms with van der Waals surface area (Å²) in [5, 5.41) is 10.8. The zero-order valence-electron chi connectivity index (χ0n) is 6.94. The number of aromatic nitrogens is 2. The third-order valence-electron chi connectivity index (χ3n) is 1.46. The van der Waals surface area contributed by atoms with Crippen molar-refractivity contribution in [3.05, 3.63) is 18.2 Å². The summed E-state index contributed by atoms with van der Waals surface area (Å²) in [4.78, 5) is 27.7. The molecule has 1 heterocycles. The van der Waals surface area contributed by atoms with Crippen LogP contribution in [-0.4, -0.2) is 33.0 Å². The number of amides is 1. The largest absolute Gasteiger partial charge is 0.480 e. The van der Waals surface area contributed by atoms with Crippen LogP contribution < -0.4 is 5.32 Å². The SMILES string of the molecule is CC(NC(=O)c1cnc[nH]1)C(=O)O. The molecule has 0 aliphatic rings. The zero-order chi connectivity index (χ0) is 9.84. The number of carboxylic acid groups (broad SMARTS) is 1. The zero-order valence-corrected chi connectivity index (χ0v) is 6.94. The van der Waals surface area contributed by atoms with Gasteiger partial charge in [-0.05, 0) is 6.92 Å². The number of carbonyl (C=O) groups excluding carboxylic acids is 1. The summed E-state index contributed by atoms with van der Waals surface area (Å²) in [6, 6.07) is -0.907. The Morgan fingerprint density at radius 3 is 2.85 bits per heavy atom. The Morgan fingerprint density at radius 1 is 1.69 bits per heavy atom. The van der Waals surface area contributed by atoms with E-state index in [1.807, 2.05) is 0 Å². The number of aliphatic carboxylic acids is 1. The Kier molecular flexibility index (Phi) is 2.63. The molecule has 0 aliphatic carbocycles. The summed E-state index contributed by atoms with van der Waals surface area (Å²) < 4.78 is 0. The highest BCUT2D eigenvalue weighted by Gasteiger charge is 2.15. The lowest BCUT2D eigenvalue weighted by atomic mass is 10.3. The van der Waals surface area contributed by atoms with E-state index in [4.69, 9.17) is 5.11 Å². The molecule has 0 fully saturated rings. The van der Waals surface area contributed by atoms with E-state index in [9.17, 15) is 9.59 Å². The van der Waals surface area contributed by atoms with E-state index in [1.54, 1.807) is 0 Å². The number of carboxylic acids is 1. The molecule has 0 saturated heterocycles. The maximum absolute atomic E-state index is 11.2. The Balaban J connectivity index is 2.56. The van der Waals surface area contributed by atoms with Gasteiger partial charge in [0.1, 0.15) is 11.7 Å². The van der Waals surface area contributed by atoms with Gasteiger partial charge in [0.15, 0.2) is 0 Å². The van der Waals surface area contributed by atoms with Gasteiger partial charge in [-0.3, -0.25) is 9.59 Å². The molecule has 6 nitrogen and oxygen atoms in total. The highest BCUT2D eigenvalue weighted by atomic mass is 16.4. The van der Waals surface area contributed by atoms with Crippen LogP contribution in [0.5, 0.6) is 0 Å². The number of nitrogens with one attached hydrogen (secondary N) is 2. The molecule has 0 radical (unpaired) electrons. The fraction of sp³-hybridized carbons (Fsp3) is 0.286. The van der Waals surface area contributed by atoms with E-state index in [1.165, 1.54) is 19.4 Å². The van der Waals surface area contributed by atoms with Gasteiger partial charge in [0.05, 0.1) is 12.5 Å². The predicted molar refractivity (Wildman–Crippen MR) is 43.2 cm³/mol. The van der Waals surface area contributed by atoms with Gasteiger partial charge in [0.2, 0.25) is 0 Å². The van der Waals surface area contributed by atoms with Crippen molar-refractivity contribution >= 4 is 11.9 Å². The third-order valence-corrected chi connectivity index (χ3v) is 1.46. The minimum Gasteiger partial charge on any atom is -0.480 e. The Morgan fingerprint density at radius 2 is 2.38 bits per heavy atom. The average Bonchev–Trinajstić information content (AvgIpc) is 2.55. The lowest BCUT2D eigenvalue weighted by Crippen LogP contribution is -2.38. The van der Waals surface area contributed by atoms with E-state index in [0.29, 0.717) is 0 Å². The predicted octanol–water partition coefficient (Wildman–Crippen LogP) is -0.387. The Labute approximate surface area is 74.0 Å². The molecule has 1 aromatic rings. The van der Waals surface area contributed by atoms with Crippen LogP contribution in [0, 0.1) is 0 Å². The summed E-state index contributed by atoms with van der Waals surface area (Å²) in [6.07, 6.45) is 2.67. The number of hydrogen-bond acceptors (Lipinski definition) is 3. The van der Waals surface area contributed by atoms with Gasteiger partial charge >= 0.3 is 5.97 Å². The van der Waals surface area contributed by atoms with E-state index in [0.717, 1.165) is 0 Å². The number of aromatic amines is 1. The van der Waals surface area contributed by atoms with Gasteiger partial charge in [0, 0.05) is 0 Å². The van der Waals surface area contributed by atoms with Gasteiger partial charge in [-0.2, -0.15) is 0 Å². The van der Waals surface area contributed by atoms with Crippen molar-refractivity contribution in [2.24, 2.45) is 0 Å². The smallest absolute Gasteiger partial charge is 0.325 e. The molecule has 0 aromatic carbocycles. The molecule has 13 heavy (non-hydrogen) atoms. The van der Waals surface area contributed by atoms with Crippen molar-refractivity contribution in [3.63, 3.8) is 0 Å². The van der Waals surface area contributed by atoms with Crippen LogP contribution in [0.4, 0.5) is 0 Å². The molecular weight excluding hydrogens is 174 g/mol. The highest BCUT2D eigenvalue weighted by molar-refractivity contribution is 5.94. The first-order chi connectivity index (χ1) is 6.11. The van der Waals surface area contributed by atoms with Crippen molar-refractivity contribution in [3.8, 4) is 0 Å².